The molecule has 0 bridgehead atoms. The first-order valence-electron chi connectivity index (χ1n) is 9.86. The minimum absolute atomic E-state index is 0.0202. The number of aliphatic hydroxyl groups is 1. The van der Waals surface area contributed by atoms with Gasteiger partial charge in [0.05, 0.1) is 21.2 Å². The predicted molar refractivity (Wildman–Crippen MR) is 112 cm³/mol. The fraction of sp³-hybridized carbons (Fsp3) is 0.429. The number of carbonyl (C=O) groups is 1. The molecule has 1 saturated carbocycles. The van der Waals surface area contributed by atoms with Crippen molar-refractivity contribution in [3.05, 3.63) is 45.6 Å². The van der Waals surface area contributed by atoms with Crippen molar-refractivity contribution in [3.63, 3.8) is 0 Å². The molecule has 1 aliphatic rings. The van der Waals surface area contributed by atoms with Crippen LogP contribution >= 0.6 is 23.2 Å². The molecule has 0 spiro atoms. The summed E-state index contributed by atoms with van der Waals surface area (Å²) in [5, 5.41) is 12.7. The van der Waals surface area contributed by atoms with Gasteiger partial charge in [-0.3, -0.25) is 4.79 Å². The maximum atomic E-state index is 13.7. The number of amides is 1. The number of aromatic nitrogens is 1. The highest BCUT2D eigenvalue weighted by molar-refractivity contribution is 6.42. The summed E-state index contributed by atoms with van der Waals surface area (Å²) in [5.74, 6) is -2.31. The number of rotatable bonds is 7. The Hall–Kier alpha value is -2.24. The molecule has 186 valence electrons. The van der Waals surface area contributed by atoms with Crippen LogP contribution in [0.25, 0.3) is 11.1 Å². The average Bonchev–Trinajstić information content (AvgIpc) is 3.57. The summed E-state index contributed by atoms with van der Waals surface area (Å²) in [6.07, 6.45) is -8.63. The zero-order valence-electron chi connectivity index (χ0n) is 17.4. The molecule has 5 nitrogen and oxygen atoms in total. The van der Waals surface area contributed by atoms with E-state index in [2.05, 4.69) is 15.0 Å². The van der Waals surface area contributed by atoms with Gasteiger partial charge in [0, 0.05) is 12.1 Å². The van der Waals surface area contributed by atoms with Crippen molar-refractivity contribution >= 4 is 29.1 Å². The van der Waals surface area contributed by atoms with Crippen LogP contribution in [0.1, 0.15) is 35.8 Å². The summed E-state index contributed by atoms with van der Waals surface area (Å²) < 4.78 is 83.9. The second kappa shape index (κ2) is 9.43. The minimum atomic E-state index is -5.20. The Morgan fingerprint density at radius 1 is 1.15 bits per heavy atom. The van der Waals surface area contributed by atoms with Crippen molar-refractivity contribution in [2.24, 2.45) is 5.92 Å². The van der Waals surface area contributed by atoms with E-state index in [0.717, 1.165) is 6.07 Å². The first kappa shape index (κ1) is 26.4. The lowest BCUT2D eigenvalue weighted by atomic mass is 9.99. The summed E-state index contributed by atoms with van der Waals surface area (Å²) in [6, 6.07) is 4.46. The maximum absolute atomic E-state index is 13.7. The summed E-state index contributed by atoms with van der Waals surface area (Å²) >= 11 is 11.8. The third-order valence-corrected chi connectivity index (χ3v) is 5.91. The smallest absolute Gasteiger partial charge is 0.434 e. The summed E-state index contributed by atoms with van der Waals surface area (Å²) in [5.41, 5.74) is -4.35. The van der Waals surface area contributed by atoms with Crippen molar-refractivity contribution in [1.82, 2.24) is 10.3 Å². The molecule has 0 aliphatic heterocycles. The number of ether oxygens (including phenoxy) is 1. The minimum Gasteiger partial charge on any atom is -0.468 e. The molecule has 1 atom stereocenters. The summed E-state index contributed by atoms with van der Waals surface area (Å²) in [4.78, 5) is 15.9. The number of alkyl halides is 6. The van der Waals surface area contributed by atoms with E-state index in [1.807, 2.05) is 0 Å². The van der Waals surface area contributed by atoms with Crippen molar-refractivity contribution < 1.29 is 41.0 Å². The van der Waals surface area contributed by atoms with E-state index in [4.69, 9.17) is 23.2 Å². The molecule has 1 aromatic carbocycles. The third-order valence-electron chi connectivity index (χ3n) is 5.17. The van der Waals surface area contributed by atoms with Gasteiger partial charge in [0.2, 0.25) is 5.88 Å². The molecule has 2 N–H and O–H groups in total. The van der Waals surface area contributed by atoms with E-state index >= 15 is 0 Å². The van der Waals surface area contributed by atoms with Crippen molar-refractivity contribution in [1.29, 1.82) is 0 Å². The van der Waals surface area contributed by atoms with Gasteiger partial charge in [-0.05, 0) is 49.4 Å². The summed E-state index contributed by atoms with van der Waals surface area (Å²) in [6.45, 7) is -0.799. The molecule has 2 aromatic rings. The Labute approximate surface area is 200 Å². The van der Waals surface area contributed by atoms with E-state index in [0.29, 0.717) is 12.8 Å². The van der Waals surface area contributed by atoms with Crippen LogP contribution in [-0.2, 0) is 6.18 Å². The first-order chi connectivity index (χ1) is 15.6. The van der Waals surface area contributed by atoms with Gasteiger partial charge >= 0.3 is 12.4 Å². The number of pyridine rings is 1. The molecule has 0 radical (unpaired) electrons. The van der Waals surface area contributed by atoms with E-state index in [1.54, 1.807) is 0 Å². The highest BCUT2D eigenvalue weighted by atomic mass is 35.5. The van der Waals surface area contributed by atoms with Crippen molar-refractivity contribution in [3.8, 4) is 17.0 Å². The Balaban J connectivity index is 2.09. The Morgan fingerprint density at radius 3 is 2.32 bits per heavy atom. The van der Waals surface area contributed by atoms with Crippen LogP contribution in [0, 0.1) is 5.92 Å². The van der Waals surface area contributed by atoms with Crippen LogP contribution < -0.4 is 10.1 Å². The van der Waals surface area contributed by atoms with Crippen LogP contribution in [0.4, 0.5) is 26.3 Å². The van der Waals surface area contributed by atoms with Gasteiger partial charge in [0.25, 0.3) is 5.91 Å². The van der Waals surface area contributed by atoms with Gasteiger partial charge in [-0.2, -0.15) is 26.3 Å². The van der Waals surface area contributed by atoms with Crippen molar-refractivity contribution in [2.75, 3.05) is 13.2 Å². The van der Waals surface area contributed by atoms with E-state index in [1.165, 1.54) is 25.1 Å². The van der Waals surface area contributed by atoms with Gasteiger partial charge in [0.1, 0.15) is 0 Å². The standard InChI is InChI=1S/C21H18Cl2F6N2O3/c1-19(33,11-3-4-11)8-30-17(32)13-7-12(10-2-5-14(22)15(23)6-10)18(34-9-20(24,25)26)31-16(13)21(27,28)29/h2,5-7,11,33H,3-4,8-9H2,1H3,(H,30,32). The van der Waals surface area contributed by atoms with Crippen molar-refractivity contribution in [2.45, 2.75) is 37.7 Å². The van der Waals surface area contributed by atoms with Crippen LogP contribution in [0.2, 0.25) is 10.0 Å². The number of benzene rings is 1. The fourth-order valence-electron chi connectivity index (χ4n) is 3.22. The lowest BCUT2D eigenvalue weighted by molar-refractivity contribution is -0.154. The lowest BCUT2D eigenvalue weighted by Crippen LogP contribution is -2.42. The van der Waals surface area contributed by atoms with Gasteiger partial charge in [-0.25, -0.2) is 4.98 Å². The second-order valence-electron chi connectivity index (χ2n) is 8.08. The Morgan fingerprint density at radius 2 is 1.79 bits per heavy atom. The van der Waals surface area contributed by atoms with E-state index < -0.39 is 47.6 Å². The highest BCUT2D eigenvalue weighted by Crippen LogP contribution is 2.40. The summed E-state index contributed by atoms with van der Waals surface area (Å²) in [7, 11) is 0. The normalized spacial score (nSPS) is 16.2. The molecule has 1 aliphatic carbocycles. The van der Waals surface area contributed by atoms with Gasteiger partial charge < -0.3 is 15.2 Å². The zero-order valence-corrected chi connectivity index (χ0v) is 19.0. The highest BCUT2D eigenvalue weighted by Gasteiger charge is 2.42. The van der Waals surface area contributed by atoms with Crippen LogP contribution in [0.5, 0.6) is 5.88 Å². The molecule has 1 heterocycles. The maximum Gasteiger partial charge on any atom is 0.434 e. The van der Waals surface area contributed by atoms with E-state index in [-0.39, 0.29) is 33.6 Å². The first-order valence-corrected chi connectivity index (χ1v) is 10.6. The van der Waals surface area contributed by atoms with Crippen LogP contribution in [-0.4, -0.2) is 40.9 Å². The second-order valence-corrected chi connectivity index (χ2v) is 8.90. The Bertz CT molecular complexity index is 1090. The molecule has 1 aromatic heterocycles. The molecule has 3 rings (SSSR count). The zero-order chi connectivity index (χ0) is 25.5. The third kappa shape index (κ3) is 6.45. The number of nitrogens with one attached hydrogen (secondary N) is 1. The fourth-order valence-corrected chi connectivity index (χ4v) is 3.52. The molecule has 13 heteroatoms. The number of hydrogen-bond donors (Lipinski definition) is 2. The number of nitrogens with zero attached hydrogens (tertiary/aromatic N) is 1. The lowest BCUT2D eigenvalue weighted by Gasteiger charge is -2.24. The van der Waals surface area contributed by atoms with Crippen LogP contribution in [0.15, 0.2) is 24.3 Å². The predicted octanol–water partition coefficient (Wildman–Crippen LogP) is 5.91. The monoisotopic (exact) mass is 530 g/mol. The molecule has 1 fully saturated rings. The van der Waals surface area contributed by atoms with Gasteiger partial charge in [0.15, 0.2) is 12.3 Å². The van der Waals surface area contributed by atoms with Gasteiger partial charge in [-0.15, -0.1) is 0 Å². The largest absolute Gasteiger partial charge is 0.468 e. The molecular formula is C21H18Cl2F6N2O3. The number of carbonyl (C=O) groups excluding carboxylic acids is 1. The SMILES string of the molecule is CC(O)(CNC(=O)c1cc(-c2ccc(Cl)c(Cl)c2)c(OCC(F)(F)F)nc1C(F)(F)F)C1CC1. The quantitative estimate of drug-likeness (QED) is 0.437. The molecule has 0 saturated heterocycles. The Kier molecular flexibility index (Phi) is 7.31. The number of hydrogen-bond acceptors (Lipinski definition) is 4. The van der Waals surface area contributed by atoms with Gasteiger partial charge in [-0.1, -0.05) is 29.3 Å². The van der Waals surface area contributed by atoms with E-state index in [9.17, 15) is 36.2 Å². The number of halogens is 8. The molecular weight excluding hydrogens is 513 g/mol. The average molecular weight is 531 g/mol. The van der Waals surface area contributed by atoms with Crippen LogP contribution in [0.3, 0.4) is 0 Å². The molecule has 1 amide bonds. The topological polar surface area (TPSA) is 71.5 Å². The molecule has 1 unspecified atom stereocenters. The molecule has 34 heavy (non-hydrogen) atoms.